The van der Waals surface area contributed by atoms with Crippen LogP contribution < -0.4 is 5.32 Å². The summed E-state index contributed by atoms with van der Waals surface area (Å²) in [7, 11) is 0. The van der Waals surface area contributed by atoms with Crippen molar-refractivity contribution in [1.82, 2.24) is 9.80 Å². The summed E-state index contributed by atoms with van der Waals surface area (Å²) in [6, 6.07) is 8.77. The summed E-state index contributed by atoms with van der Waals surface area (Å²) in [6.45, 7) is 7.19. The van der Waals surface area contributed by atoms with Crippen LogP contribution in [0.1, 0.15) is 25.7 Å². The lowest BCUT2D eigenvalue weighted by molar-refractivity contribution is 0.163. The van der Waals surface area contributed by atoms with Gasteiger partial charge in [-0.1, -0.05) is 30.2 Å². The Labute approximate surface area is 133 Å². The first-order valence-corrected chi connectivity index (χ1v) is 8.65. The summed E-state index contributed by atoms with van der Waals surface area (Å²) in [4.78, 5) is 5.30. The van der Waals surface area contributed by atoms with Gasteiger partial charge in [-0.3, -0.25) is 9.80 Å². The number of nitrogens with zero attached hydrogens (tertiary/aromatic N) is 2. The van der Waals surface area contributed by atoms with Crippen LogP contribution in [0.2, 0.25) is 5.02 Å². The number of piperidine rings is 1. The molecule has 0 aliphatic carbocycles. The average Bonchev–Trinajstić information content (AvgIpc) is 2.99. The van der Waals surface area contributed by atoms with Crippen molar-refractivity contribution < 1.29 is 0 Å². The van der Waals surface area contributed by atoms with E-state index in [1.165, 1.54) is 51.9 Å². The minimum Gasteiger partial charge on any atom is -0.383 e. The van der Waals surface area contributed by atoms with E-state index in [9.17, 15) is 0 Å². The van der Waals surface area contributed by atoms with Crippen LogP contribution in [0.4, 0.5) is 5.69 Å². The maximum absolute atomic E-state index is 6.16. The Morgan fingerprint density at radius 1 is 1.10 bits per heavy atom. The predicted molar refractivity (Wildman–Crippen MR) is 90.2 cm³/mol. The summed E-state index contributed by atoms with van der Waals surface area (Å²) >= 11 is 6.16. The summed E-state index contributed by atoms with van der Waals surface area (Å²) < 4.78 is 0. The van der Waals surface area contributed by atoms with Gasteiger partial charge in [-0.15, -0.1) is 0 Å². The highest BCUT2D eigenvalue weighted by atomic mass is 35.5. The van der Waals surface area contributed by atoms with E-state index in [-0.39, 0.29) is 0 Å². The van der Waals surface area contributed by atoms with Crippen molar-refractivity contribution in [3.63, 3.8) is 0 Å². The van der Waals surface area contributed by atoms with Crippen molar-refractivity contribution in [2.24, 2.45) is 0 Å². The van der Waals surface area contributed by atoms with E-state index < -0.39 is 0 Å². The Kier molecular flexibility index (Phi) is 5.39. The van der Waals surface area contributed by atoms with Gasteiger partial charge in [0.25, 0.3) is 0 Å². The second-order valence-electron chi connectivity index (χ2n) is 6.25. The highest BCUT2D eigenvalue weighted by Crippen LogP contribution is 2.21. The van der Waals surface area contributed by atoms with E-state index in [0.717, 1.165) is 29.8 Å². The molecular formula is C17H26ClN3. The standard InChI is InChI=1S/C17H26ClN3/c18-16-6-2-3-7-17(16)19-9-13-20-12-8-15(14-20)21-10-4-1-5-11-21/h2-3,6-7,15,19H,1,4-5,8-14H2. The van der Waals surface area contributed by atoms with Crippen molar-refractivity contribution >= 4 is 17.3 Å². The summed E-state index contributed by atoms with van der Waals surface area (Å²) in [5.74, 6) is 0. The fourth-order valence-electron chi connectivity index (χ4n) is 3.55. The lowest BCUT2D eigenvalue weighted by Gasteiger charge is -2.32. The smallest absolute Gasteiger partial charge is 0.0637 e. The molecule has 0 aromatic heterocycles. The third kappa shape index (κ3) is 4.12. The van der Waals surface area contributed by atoms with Crippen LogP contribution >= 0.6 is 11.6 Å². The fourth-order valence-corrected chi connectivity index (χ4v) is 3.75. The van der Waals surface area contributed by atoms with Crippen molar-refractivity contribution in [2.45, 2.75) is 31.7 Å². The van der Waals surface area contributed by atoms with E-state index in [4.69, 9.17) is 11.6 Å². The van der Waals surface area contributed by atoms with Gasteiger partial charge in [0.15, 0.2) is 0 Å². The van der Waals surface area contributed by atoms with Gasteiger partial charge in [0, 0.05) is 25.7 Å². The van der Waals surface area contributed by atoms with Crippen LogP contribution in [0, 0.1) is 0 Å². The molecule has 0 bridgehead atoms. The van der Waals surface area contributed by atoms with Crippen LogP contribution in [0.5, 0.6) is 0 Å². The topological polar surface area (TPSA) is 18.5 Å². The van der Waals surface area contributed by atoms with Gasteiger partial charge in [-0.25, -0.2) is 0 Å². The molecule has 116 valence electrons. The molecule has 1 aromatic rings. The van der Waals surface area contributed by atoms with Crippen molar-refractivity contribution in [3.05, 3.63) is 29.3 Å². The van der Waals surface area contributed by atoms with E-state index in [1.54, 1.807) is 0 Å². The number of para-hydroxylation sites is 1. The maximum Gasteiger partial charge on any atom is 0.0637 e. The molecule has 2 saturated heterocycles. The van der Waals surface area contributed by atoms with E-state index in [2.05, 4.69) is 15.1 Å². The van der Waals surface area contributed by atoms with Gasteiger partial charge in [0.05, 0.1) is 10.7 Å². The van der Waals surface area contributed by atoms with Crippen molar-refractivity contribution in [3.8, 4) is 0 Å². The SMILES string of the molecule is Clc1ccccc1NCCN1CCC(N2CCCCC2)C1. The monoisotopic (exact) mass is 307 g/mol. The molecule has 21 heavy (non-hydrogen) atoms. The molecule has 0 saturated carbocycles. The molecule has 2 fully saturated rings. The number of hydrogen-bond donors (Lipinski definition) is 1. The summed E-state index contributed by atoms with van der Waals surface area (Å²) in [6.07, 6.45) is 5.55. The second-order valence-corrected chi connectivity index (χ2v) is 6.65. The van der Waals surface area contributed by atoms with Crippen molar-refractivity contribution in [2.75, 3.05) is 44.6 Å². The fraction of sp³-hybridized carbons (Fsp3) is 0.647. The molecule has 2 aliphatic rings. The number of hydrogen-bond acceptors (Lipinski definition) is 3. The molecule has 1 N–H and O–H groups in total. The average molecular weight is 308 g/mol. The number of halogens is 1. The highest BCUT2D eigenvalue weighted by Gasteiger charge is 2.27. The Bertz CT molecular complexity index is 445. The van der Waals surface area contributed by atoms with Gasteiger partial charge < -0.3 is 5.32 Å². The molecule has 0 amide bonds. The third-order valence-corrected chi connectivity index (χ3v) is 5.10. The van der Waals surface area contributed by atoms with Gasteiger partial charge in [-0.2, -0.15) is 0 Å². The predicted octanol–water partition coefficient (Wildman–Crippen LogP) is 3.31. The van der Waals surface area contributed by atoms with Gasteiger partial charge in [0.2, 0.25) is 0 Å². The summed E-state index contributed by atoms with van der Waals surface area (Å²) in [5.41, 5.74) is 1.05. The summed E-state index contributed by atoms with van der Waals surface area (Å²) in [5, 5.41) is 4.26. The zero-order valence-corrected chi connectivity index (χ0v) is 13.5. The molecule has 0 radical (unpaired) electrons. The van der Waals surface area contributed by atoms with E-state index >= 15 is 0 Å². The van der Waals surface area contributed by atoms with Crippen LogP contribution in [-0.4, -0.2) is 55.1 Å². The molecular weight excluding hydrogens is 282 g/mol. The Morgan fingerprint density at radius 2 is 1.90 bits per heavy atom. The highest BCUT2D eigenvalue weighted by molar-refractivity contribution is 6.33. The quantitative estimate of drug-likeness (QED) is 0.900. The molecule has 3 rings (SSSR count). The molecule has 4 heteroatoms. The molecule has 1 atom stereocenters. The molecule has 1 aromatic carbocycles. The van der Waals surface area contributed by atoms with Crippen LogP contribution in [0.15, 0.2) is 24.3 Å². The zero-order chi connectivity index (χ0) is 14.5. The van der Waals surface area contributed by atoms with Gasteiger partial charge >= 0.3 is 0 Å². The molecule has 2 heterocycles. The van der Waals surface area contributed by atoms with E-state index in [1.807, 2.05) is 24.3 Å². The first kappa shape index (κ1) is 15.1. The third-order valence-electron chi connectivity index (χ3n) is 4.77. The molecule has 1 unspecified atom stereocenters. The molecule has 2 aliphatic heterocycles. The number of rotatable bonds is 5. The molecule has 0 spiro atoms. The van der Waals surface area contributed by atoms with Crippen LogP contribution in [0.25, 0.3) is 0 Å². The normalized spacial score (nSPS) is 24.3. The first-order chi connectivity index (χ1) is 10.3. The Balaban J connectivity index is 1.40. The number of anilines is 1. The number of benzene rings is 1. The lowest BCUT2D eigenvalue weighted by Crippen LogP contribution is -2.41. The van der Waals surface area contributed by atoms with Crippen LogP contribution in [-0.2, 0) is 0 Å². The van der Waals surface area contributed by atoms with Gasteiger partial charge in [-0.05, 0) is 51.0 Å². The van der Waals surface area contributed by atoms with Gasteiger partial charge in [0.1, 0.15) is 0 Å². The largest absolute Gasteiger partial charge is 0.383 e. The number of likely N-dealkylation sites (tertiary alicyclic amines) is 2. The minimum absolute atomic E-state index is 0.797. The second kappa shape index (κ2) is 7.48. The first-order valence-electron chi connectivity index (χ1n) is 8.28. The van der Waals surface area contributed by atoms with Crippen molar-refractivity contribution in [1.29, 1.82) is 0 Å². The Morgan fingerprint density at radius 3 is 2.71 bits per heavy atom. The van der Waals surface area contributed by atoms with Crippen LogP contribution in [0.3, 0.4) is 0 Å². The Hall–Kier alpha value is -0.770. The number of nitrogens with one attached hydrogen (secondary N) is 1. The van der Waals surface area contributed by atoms with E-state index in [0.29, 0.717) is 0 Å². The lowest BCUT2D eigenvalue weighted by atomic mass is 10.1. The minimum atomic E-state index is 0.797. The molecule has 3 nitrogen and oxygen atoms in total. The maximum atomic E-state index is 6.16. The zero-order valence-electron chi connectivity index (χ0n) is 12.7.